The molecule has 2 N–H and O–H groups in total. The number of benzene rings is 2. The van der Waals surface area contributed by atoms with E-state index in [0.29, 0.717) is 26.8 Å². The van der Waals surface area contributed by atoms with Crippen LogP contribution in [0, 0.1) is 0 Å². The molecule has 0 bridgehead atoms. The highest BCUT2D eigenvalue weighted by molar-refractivity contribution is 7.99. The summed E-state index contributed by atoms with van der Waals surface area (Å²) in [5, 5.41) is 6.45. The van der Waals surface area contributed by atoms with E-state index in [9.17, 15) is 14.4 Å². The van der Waals surface area contributed by atoms with Gasteiger partial charge in [-0.15, -0.1) is 11.8 Å². The van der Waals surface area contributed by atoms with E-state index in [0.717, 1.165) is 16.9 Å². The van der Waals surface area contributed by atoms with Crippen molar-refractivity contribution in [3.8, 4) is 5.75 Å². The molecule has 1 aliphatic heterocycles. The molecule has 1 aromatic heterocycles. The Hall–Kier alpha value is -3.43. The van der Waals surface area contributed by atoms with Crippen molar-refractivity contribution < 1.29 is 19.1 Å². The third kappa shape index (κ3) is 6.96. The molecule has 8 nitrogen and oxygen atoms in total. The topological polar surface area (TPSA) is 98.7 Å². The van der Waals surface area contributed by atoms with Gasteiger partial charge in [0.25, 0.3) is 11.5 Å². The van der Waals surface area contributed by atoms with Gasteiger partial charge in [-0.2, -0.15) is 0 Å². The smallest absolute Gasteiger partial charge is 0.408 e. The molecule has 39 heavy (non-hydrogen) atoms. The zero-order valence-electron chi connectivity index (χ0n) is 22.5. The molecule has 4 rings (SSSR count). The number of carbonyl (C=O) groups is 2. The summed E-state index contributed by atoms with van der Waals surface area (Å²) in [5.74, 6) is 0.817. The number of rotatable bonds is 7. The van der Waals surface area contributed by atoms with E-state index in [2.05, 4.69) is 10.6 Å². The lowest BCUT2D eigenvalue weighted by Gasteiger charge is -2.22. The minimum Gasteiger partial charge on any atom is -0.497 e. The fourth-order valence-electron chi connectivity index (χ4n) is 4.26. The van der Waals surface area contributed by atoms with E-state index in [4.69, 9.17) is 21.1 Å². The van der Waals surface area contributed by atoms with Gasteiger partial charge in [0.05, 0.1) is 36.9 Å². The Kier molecular flexibility index (Phi) is 8.61. The number of carbonyl (C=O) groups excluding carboxylic acids is 2. The van der Waals surface area contributed by atoms with Crippen molar-refractivity contribution in [2.24, 2.45) is 0 Å². The molecule has 206 valence electrons. The van der Waals surface area contributed by atoms with Gasteiger partial charge in [0.2, 0.25) is 0 Å². The van der Waals surface area contributed by atoms with Crippen molar-refractivity contribution in [1.29, 1.82) is 0 Å². The molecule has 0 unspecified atom stereocenters. The number of nitrogens with zero attached hydrogens (tertiary/aromatic N) is 1. The first kappa shape index (κ1) is 28.6. The molecule has 3 aromatic rings. The van der Waals surface area contributed by atoms with Crippen molar-refractivity contribution in [2.45, 2.75) is 56.8 Å². The van der Waals surface area contributed by atoms with Crippen LogP contribution in [0.3, 0.4) is 0 Å². The van der Waals surface area contributed by atoms with E-state index in [1.54, 1.807) is 46.2 Å². The van der Waals surface area contributed by atoms with Crippen LogP contribution >= 0.6 is 23.4 Å². The Labute approximate surface area is 237 Å². The van der Waals surface area contributed by atoms with Crippen LogP contribution in [0.15, 0.2) is 64.4 Å². The Morgan fingerprint density at radius 1 is 1.13 bits per heavy atom. The van der Waals surface area contributed by atoms with Crippen LogP contribution in [0.25, 0.3) is 0 Å². The Morgan fingerprint density at radius 3 is 2.41 bits per heavy atom. The Bertz CT molecular complexity index is 1420. The van der Waals surface area contributed by atoms with Gasteiger partial charge in [0.15, 0.2) is 0 Å². The number of alkyl carbamates (subject to hydrolysis) is 1. The summed E-state index contributed by atoms with van der Waals surface area (Å²) < 4.78 is 12.1. The highest BCUT2D eigenvalue weighted by Crippen LogP contribution is 2.39. The first-order chi connectivity index (χ1) is 18.4. The van der Waals surface area contributed by atoms with Crippen molar-refractivity contribution in [2.75, 3.05) is 12.9 Å². The lowest BCUT2D eigenvalue weighted by molar-refractivity contribution is 0.0508. The standard InChI is InChI=1S/C29H32ClN3O5S/c1-17(19-8-12-21(37-5)13-9-19)31-26(34)22-15-33(14-18-6-10-20(30)11-7-18)27(35)24-23(16-39-25(22)24)32-28(36)38-29(2,3)4/h6-13,15,17,23H,14,16H2,1-5H3,(H,31,34)(H,32,36)/t17-,23+/m1/s1. The minimum absolute atomic E-state index is 0.238. The SMILES string of the molecule is COc1ccc([C@@H](C)NC(=O)c2cn(Cc3ccc(Cl)cc3)c(=O)c3c2SC[C@@H]3NC(=O)OC(C)(C)C)cc1. The molecule has 2 atom stereocenters. The van der Waals surface area contributed by atoms with Gasteiger partial charge in [-0.05, 0) is 63.1 Å². The summed E-state index contributed by atoms with van der Waals surface area (Å²) >= 11 is 7.41. The van der Waals surface area contributed by atoms with E-state index < -0.39 is 17.7 Å². The second kappa shape index (κ2) is 11.8. The highest BCUT2D eigenvalue weighted by Gasteiger charge is 2.34. The molecule has 10 heteroatoms. The third-order valence-corrected chi connectivity index (χ3v) is 7.65. The zero-order chi connectivity index (χ0) is 28.3. The van der Waals surface area contributed by atoms with Gasteiger partial charge in [0.1, 0.15) is 11.4 Å². The van der Waals surface area contributed by atoms with Crippen molar-refractivity contribution in [1.82, 2.24) is 15.2 Å². The average Bonchev–Trinajstić information content (AvgIpc) is 3.29. The number of hydrogen-bond acceptors (Lipinski definition) is 6. The predicted molar refractivity (Wildman–Crippen MR) is 153 cm³/mol. The van der Waals surface area contributed by atoms with Crippen LogP contribution in [0.4, 0.5) is 4.79 Å². The number of thioether (sulfide) groups is 1. The van der Waals surface area contributed by atoms with Crippen LogP contribution < -0.4 is 20.9 Å². The molecule has 0 saturated carbocycles. The maximum Gasteiger partial charge on any atom is 0.408 e. The quantitative estimate of drug-likeness (QED) is 0.377. The molecule has 2 heterocycles. The second-order valence-electron chi connectivity index (χ2n) is 10.3. The van der Waals surface area contributed by atoms with Crippen molar-refractivity contribution in [3.63, 3.8) is 0 Å². The van der Waals surface area contributed by atoms with Gasteiger partial charge >= 0.3 is 6.09 Å². The zero-order valence-corrected chi connectivity index (χ0v) is 24.1. The summed E-state index contributed by atoms with van der Waals surface area (Å²) in [6, 6.07) is 13.7. The molecule has 1 aliphatic rings. The normalized spacial score (nSPS) is 15.3. The number of methoxy groups -OCH3 is 1. The van der Waals surface area contributed by atoms with Gasteiger partial charge in [-0.3, -0.25) is 9.59 Å². The summed E-state index contributed by atoms with van der Waals surface area (Å²) in [5.41, 5.74) is 1.55. The first-order valence-corrected chi connectivity index (χ1v) is 13.9. The van der Waals surface area contributed by atoms with Crippen LogP contribution in [0.5, 0.6) is 5.75 Å². The minimum atomic E-state index is -0.688. The summed E-state index contributed by atoms with van der Waals surface area (Å²) in [4.78, 5) is 40.4. The molecule has 2 aromatic carbocycles. The third-order valence-electron chi connectivity index (χ3n) is 6.17. The summed E-state index contributed by atoms with van der Waals surface area (Å²) in [6.45, 7) is 7.45. The molecular weight excluding hydrogens is 538 g/mol. The number of fused-ring (bicyclic) bond motifs is 1. The van der Waals surface area contributed by atoms with Crippen LogP contribution in [0.2, 0.25) is 5.02 Å². The Balaban J connectivity index is 1.68. The molecular formula is C29H32ClN3O5S. The summed E-state index contributed by atoms with van der Waals surface area (Å²) in [6.07, 6.45) is 0.974. The van der Waals surface area contributed by atoms with Gasteiger partial charge in [-0.1, -0.05) is 35.9 Å². The van der Waals surface area contributed by atoms with Crippen LogP contribution in [-0.2, 0) is 11.3 Å². The number of nitrogens with one attached hydrogen (secondary N) is 2. The molecule has 2 amide bonds. The van der Waals surface area contributed by atoms with E-state index in [-0.39, 0.29) is 24.1 Å². The predicted octanol–water partition coefficient (Wildman–Crippen LogP) is 5.72. The van der Waals surface area contributed by atoms with E-state index in [1.807, 2.05) is 43.3 Å². The van der Waals surface area contributed by atoms with Gasteiger partial charge in [-0.25, -0.2) is 4.79 Å². The van der Waals surface area contributed by atoms with Crippen molar-refractivity contribution >= 4 is 35.4 Å². The van der Waals surface area contributed by atoms with Crippen LogP contribution in [-0.4, -0.2) is 35.0 Å². The highest BCUT2D eigenvalue weighted by atomic mass is 35.5. The molecule has 0 saturated heterocycles. The van der Waals surface area contributed by atoms with Crippen molar-refractivity contribution in [3.05, 3.63) is 92.4 Å². The van der Waals surface area contributed by atoms with Crippen LogP contribution in [0.1, 0.15) is 66.8 Å². The Morgan fingerprint density at radius 2 is 1.79 bits per heavy atom. The number of pyridine rings is 1. The fourth-order valence-corrected chi connectivity index (χ4v) is 5.66. The first-order valence-electron chi connectivity index (χ1n) is 12.5. The van der Waals surface area contributed by atoms with E-state index >= 15 is 0 Å². The molecule has 0 spiro atoms. The molecule has 0 radical (unpaired) electrons. The maximum atomic E-state index is 13.7. The van der Waals surface area contributed by atoms with Gasteiger partial charge < -0.3 is 24.7 Å². The number of amides is 2. The van der Waals surface area contributed by atoms with Gasteiger partial charge in [0, 0.05) is 21.9 Å². The molecule has 0 fully saturated rings. The number of aromatic nitrogens is 1. The maximum absolute atomic E-state index is 13.7. The average molecular weight is 570 g/mol. The lowest BCUT2D eigenvalue weighted by atomic mass is 10.1. The van der Waals surface area contributed by atoms with E-state index in [1.165, 1.54) is 16.3 Å². The number of halogens is 1. The largest absolute Gasteiger partial charge is 0.497 e. The molecule has 0 aliphatic carbocycles. The summed E-state index contributed by atoms with van der Waals surface area (Å²) in [7, 11) is 1.60. The second-order valence-corrected chi connectivity index (χ2v) is 11.8. The number of hydrogen-bond donors (Lipinski definition) is 2. The fraction of sp³-hybridized carbons (Fsp3) is 0.345. The lowest BCUT2D eigenvalue weighted by Crippen LogP contribution is -2.38. The monoisotopic (exact) mass is 569 g/mol. The number of ether oxygens (including phenoxy) is 2.